The fourth-order valence-corrected chi connectivity index (χ4v) is 2.91. The van der Waals surface area contributed by atoms with E-state index in [1.54, 1.807) is 32.9 Å². The summed E-state index contributed by atoms with van der Waals surface area (Å²) in [6.07, 6.45) is 0. The van der Waals surface area contributed by atoms with Gasteiger partial charge in [0.05, 0.1) is 30.8 Å². The van der Waals surface area contributed by atoms with Gasteiger partial charge in [-0.15, -0.1) is 0 Å². The maximum atomic E-state index is 12.7. The zero-order valence-corrected chi connectivity index (χ0v) is 17.8. The molecule has 0 aliphatic carbocycles. The third kappa shape index (κ3) is 4.58. The number of rotatable bonds is 5. The van der Waals surface area contributed by atoms with Crippen molar-refractivity contribution in [2.45, 2.75) is 27.4 Å². The van der Waals surface area contributed by atoms with Gasteiger partial charge in [-0.2, -0.15) is 5.26 Å². The van der Waals surface area contributed by atoms with E-state index in [9.17, 15) is 4.79 Å². The number of hydrogen-bond acceptors (Lipinski definition) is 5. The fraction of sp³-hybridized carbons (Fsp3) is 0.300. The molecule has 0 fully saturated rings. The van der Waals surface area contributed by atoms with E-state index >= 15 is 0 Å². The number of benzene rings is 1. The van der Waals surface area contributed by atoms with Crippen molar-refractivity contribution in [3.05, 3.63) is 51.6 Å². The van der Waals surface area contributed by atoms with Gasteiger partial charge in [-0.3, -0.25) is 0 Å². The van der Waals surface area contributed by atoms with Gasteiger partial charge >= 0.3 is 5.97 Å². The molecule has 0 radical (unpaired) electrons. The number of imidazole rings is 1. The van der Waals surface area contributed by atoms with Crippen molar-refractivity contribution < 1.29 is 14.1 Å². The number of allylic oxidation sites excluding steroid dienone is 2. The summed E-state index contributed by atoms with van der Waals surface area (Å²) in [4.78, 5) is 16.7. The van der Waals surface area contributed by atoms with Gasteiger partial charge in [0, 0.05) is 6.07 Å². The molecule has 1 aromatic carbocycles. The van der Waals surface area contributed by atoms with Crippen LogP contribution in [0.4, 0.5) is 0 Å². The summed E-state index contributed by atoms with van der Waals surface area (Å²) in [5, 5.41) is 9.39. The molecule has 0 saturated carbocycles. The third-order valence-corrected chi connectivity index (χ3v) is 4.68. The van der Waals surface area contributed by atoms with Crippen molar-refractivity contribution in [2.75, 3.05) is 0 Å². The summed E-state index contributed by atoms with van der Waals surface area (Å²) in [6, 6.07) is 7.51. The number of nitrogens with zero attached hydrogens (tertiary/aromatic N) is 4. The number of ether oxygens (including phenoxy) is 1. The minimum Gasteiger partial charge on any atom is -0.449 e. The minimum atomic E-state index is -0.616. The van der Waals surface area contributed by atoms with Crippen molar-refractivity contribution in [2.24, 2.45) is 30.6 Å². The van der Waals surface area contributed by atoms with Gasteiger partial charge in [0.15, 0.2) is 17.6 Å². The highest BCUT2D eigenvalue weighted by molar-refractivity contribution is 6.29. The van der Waals surface area contributed by atoms with Gasteiger partial charge < -0.3 is 16.2 Å². The van der Waals surface area contributed by atoms with Gasteiger partial charge in [-0.05, 0) is 32.9 Å². The van der Waals surface area contributed by atoms with Crippen LogP contribution in [0.2, 0.25) is 0 Å². The summed E-state index contributed by atoms with van der Waals surface area (Å²) >= 11 is 5.81. The molecule has 8 nitrogen and oxygen atoms in total. The molecule has 1 heterocycles. The average Bonchev–Trinajstić information content (AvgIpc) is 2.89. The van der Waals surface area contributed by atoms with Gasteiger partial charge in [-0.1, -0.05) is 17.2 Å². The highest BCUT2D eigenvalue weighted by atomic mass is 35.5. The van der Waals surface area contributed by atoms with Crippen LogP contribution in [0.3, 0.4) is 0 Å². The maximum Gasteiger partial charge on any atom is 0.342 e. The smallest absolute Gasteiger partial charge is 0.342 e. The number of aromatic nitrogens is 2. The summed E-state index contributed by atoms with van der Waals surface area (Å²) in [5.74, 6) is 0.0917. The molecule has 1 aromatic heterocycles. The van der Waals surface area contributed by atoms with E-state index in [1.807, 2.05) is 29.3 Å². The predicted octanol–water partition coefficient (Wildman–Crippen LogP) is 2.00. The Morgan fingerprint density at radius 1 is 1.34 bits per heavy atom. The fourth-order valence-electron chi connectivity index (χ4n) is 2.87. The zero-order chi connectivity index (χ0) is 21.9. The van der Waals surface area contributed by atoms with Gasteiger partial charge in [0.1, 0.15) is 17.2 Å². The lowest BCUT2D eigenvalue weighted by molar-refractivity contribution is -0.655. The quantitative estimate of drug-likeness (QED) is 0.254. The molecule has 0 aliphatic heterocycles. The van der Waals surface area contributed by atoms with E-state index in [2.05, 4.69) is 11.1 Å². The molecule has 0 unspecified atom stereocenters. The minimum absolute atomic E-state index is 0.00627. The monoisotopic (exact) mass is 415 g/mol. The van der Waals surface area contributed by atoms with Crippen LogP contribution < -0.4 is 16.0 Å². The summed E-state index contributed by atoms with van der Waals surface area (Å²) < 4.78 is 9.29. The second-order valence-corrected chi connectivity index (χ2v) is 7.28. The first kappa shape index (κ1) is 22.0. The molecule has 0 bridgehead atoms. The number of amidine groups is 1. The first-order valence-electron chi connectivity index (χ1n) is 8.76. The van der Waals surface area contributed by atoms with Crippen molar-refractivity contribution in [3.63, 3.8) is 0 Å². The Hall–Kier alpha value is -3.31. The van der Waals surface area contributed by atoms with Crippen molar-refractivity contribution in [1.29, 1.82) is 5.26 Å². The van der Waals surface area contributed by atoms with Crippen molar-refractivity contribution in [3.8, 4) is 6.07 Å². The SMILES string of the molecule is CC(C)=C(C(=O)OCc1n(C)c2cc(C#N)ccc2[n+]1C)/C(N)=N\C(N)=C(/C)Cl. The Morgan fingerprint density at radius 3 is 2.55 bits per heavy atom. The standard InChI is InChI=1S/C20H24ClN6O2/c1-11(2)17(19(24)25-18(23)12(3)21)20(28)29-10-16-26(4)14-7-6-13(9-22)8-15(14)27(16)5/h6-8H,10,23H2,1-5H3,(H2,24,25)/q+1/b18-12+. The molecule has 4 N–H and O–H groups in total. The number of aliphatic imine (C=N–C) groups is 1. The molecule has 152 valence electrons. The number of nitriles is 1. The topological polar surface area (TPSA) is 123 Å². The second-order valence-electron chi connectivity index (χ2n) is 6.72. The number of fused-ring (bicyclic) bond motifs is 1. The van der Waals surface area contributed by atoms with E-state index in [0.717, 1.165) is 16.9 Å². The Labute approximate surface area is 174 Å². The number of halogens is 1. The van der Waals surface area contributed by atoms with Crippen LogP contribution in [0.1, 0.15) is 32.2 Å². The molecular weight excluding hydrogens is 392 g/mol. The average molecular weight is 416 g/mol. The number of nitrogens with two attached hydrogens (primary N) is 2. The van der Waals surface area contributed by atoms with E-state index in [-0.39, 0.29) is 28.9 Å². The first-order valence-corrected chi connectivity index (χ1v) is 9.14. The van der Waals surface area contributed by atoms with Crippen LogP contribution in [0, 0.1) is 11.3 Å². The number of carbonyl (C=O) groups is 1. The Morgan fingerprint density at radius 2 is 2.00 bits per heavy atom. The highest BCUT2D eigenvalue weighted by Crippen LogP contribution is 2.16. The molecule has 9 heteroatoms. The molecule has 29 heavy (non-hydrogen) atoms. The van der Waals surface area contributed by atoms with E-state index < -0.39 is 5.97 Å². The number of aryl methyl sites for hydroxylation is 2. The highest BCUT2D eigenvalue weighted by Gasteiger charge is 2.24. The summed E-state index contributed by atoms with van der Waals surface area (Å²) in [7, 11) is 3.71. The number of carbonyl (C=O) groups excluding carboxylic acids is 1. The van der Waals surface area contributed by atoms with E-state index in [1.165, 1.54) is 0 Å². The van der Waals surface area contributed by atoms with Gasteiger partial charge in [-0.25, -0.2) is 18.9 Å². The number of hydrogen-bond donors (Lipinski definition) is 2. The normalized spacial score (nSPS) is 12.4. The Kier molecular flexibility index (Phi) is 6.67. The van der Waals surface area contributed by atoms with Gasteiger partial charge in [0.25, 0.3) is 5.82 Å². The predicted molar refractivity (Wildman–Crippen MR) is 111 cm³/mol. The lowest BCUT2D eigenvalue weighted by atomic mass is 10.1. The summed E-state index contributed by atoms with van der Waals surface area (Å²) in [5.41, 5.74) is 14.8. The lowest BCUT2D eigenvalue weighted by Gasteiger charge is -2.09. The van der Waals surface area contributed by atoms with Crippen LogP contribution in [0.25, 0.3) is 11.0 Å². The molecule has 0 saturated heterocycles. The molecule has 2 rings (SSSR count). The molecule has 0 spiro atoms. The summed E-state index contributed by atoms with van der Waals surface area (Å²) in [6.45, 7) is 5.04. The van der Waals surface area contributed by atoms with E-state index in [0.29, 0.717) is 11.1 Å². The van der Waals surface area contributed by atoms with Gasteiger partial charge in [0.2, 0.25) is 0 Å². The largest absolute Gasteiger partial charge is 0.449 e. The van der Waals surface area contributed by atoms with Crippen LogP contribution in [-0.4, -0.2) is 16.4 Å². The third-order valence-electron chi connectivity index (χ3n) is 4.49. The molecule has 2 aromatic rings. The molecule has 0 amide bonds. The van der Waals surface area contributed by atoms with Crippen molar-refractivity contribution in [1.82, 2.24) is 4.57 Å². The maximum absolute atomic E-state index is 12.7. The molecule has 0 atom stereocenters. The van der Waals surface area contributed by atoms with Crippen LogP contribution in [0.15, 0.2) is 45.2 Å². The molecular formula is C20H24ClN6O2+. The van der Waals surface area contributed by atoms with Crippen LogP contribution in [0.5, 0.6) is 0 Å². The first-order chi connectivity index (χ1) is 13.6. The van der Waals surface area contributed by atoms with E-state index in [4.69, 9.17) is 33.1 Å². The lowest BCUT2D eigenvalue weighted by Crippen LogP contribution is -2.34. The second kappa shape index (κ2) is 8.80. The Balaban J connectivity index is 2.33. The van der Waals surface area contributed by atoms with Crippen LogP contribution >= 0.6 is 11.6 Å². The zero-order valence-electron chi connectivity index (χ0n) is 17.1. The molecule has 0 aliphatic rings. The number of esters is 1. The Bertz CT molecular complexity index is 1110. The van der Waals surface area contributed by atoms with Crippen molar-refractivity contribution >= 4 is 34.4 Å². The van der Waals surface area contributed by atoms with Crippen LogP contribution in [-0.2, 0) is 30.2 Å².